The largest absolute Gasteiger partial charge is 0.352 e. The summed E-state index contributed by atoms with van der Waals surface area (Å²) in [5.41, 5.74) is 3.78. The molecule has 4 aromatic rings. The topological polar surface area (TPSA) is 120 Å². The zero-order chi connectivity index (χ0) is 28.4. The highest BCUT2D eigenvalue weighted by molar-refractivity contribution is 7.91. The van der Waals surface area contributed by atoms with Crippen LogP contribution in [0.3, 0.4) is 0 Å². The van der Waals surface area contributed by atoms with E-state index in [9.17, 15) is 18.0 Å². The molecule has 0 aromatic heterocycles. The molecule has 2 N–H and O–H groups in total. The van der Waals surface area contributed by atoms with Crippen LogP contribution in [-0.2, 0) is 22.8 Å². The van der Waals surface area contributed by atoms with E-state index in [1.165, 1.54) is 35.9 Å². The molecule has 0 spiro atoms. The lowest BCUT2D eigenvalue weighted by molar-refractivity contribution is 0.0952. The van der Waals surface area contributed by atoms with Crippen LogP contribution in [-0.4, -0.2) is 38.3 Å². The summed E-state index contributed by atoms with van der Waals surface area (Å²) in [5, 5.41) is 16.1. The van der Waals surface area contributed by atoms with Crippen molar-refractivity contribution in [2.24, 2.45) is 10.3 Å². The van der Waals surface area contributed by atoms with Crippen molar-refractivity contribution >= 4 is 27.3 Å². The van der Waals surface area contributed by atoms with Crippen LogP contribution in [0.5, 0.6) is 0 Å². The summed E-state index contributed by atoms with van der Waals surface area (Å²) >= 11 is 0. The first-order valence-electron chi connectivity index (χ1n) is 13.2. The Morgan fingerprint density at radius 3 is 2.46 bits per heavy atom. The van der Waals surface area contributed by atoms with Crippen molar-refractivity contribution in [3.05, 3.63) is 125 Å². The normalized spacial score (nSPS) is 16.8. The Labute approximate surface area is 237 Å². The fourth-order valence-corrected chi connectivity index (χ4v) is 6.66. The van der Waals surface area contributed by atoms with E-state index >= 15 is 0 Å². The maximum atomic E-state index is 13.2. The predicted molar refractivity (Wildman–Crippen MR) is 153 cm³/mol. The molecule has 0 aliphatic carbocycles. The lowest BCUT2D eigenvalue weighted by Gasteiger charge is -2.22. The van der Waals surface area contributed by atoms with Gasteiger partial charge in [-0.05, 0) is 53.4 Å². The number of rotatable bonds is 7. The van der Waals surface area contributed by atoms with Gasteiger partial charge in [0.15, 0.2) is 0 Å². The quantitative estimate of drug-likeness (QED) is 0.327. The van der Waals surface area contributed by atoms with Gasteiger partial charge in [-0.1, -0.05) is 72.0 Å². The lowest BCUT2D eigenvalue weighted by atomic mass is 10.0. The summed E-state index contributed by atoms with van der Waals surface area (Å²) in [6, 6.07) is 28.8. The number of benzene rings is 4. The van der Waals surface area contributed by atoms with Crippen LogP contribution >= 0.6 is 0 Å². The number of hydrogen-bond donors (Lipinski definition) is 2. The summed E-state index contributed by atoms with van der Waals surface area (Å²) in [6.45, 7) is 1.68. The molecule has 0 bridgehead atoms. The number of carbonyl (C=O) groups is 2. The molecular formula is C31H27N5O4S. The van der Waals surface area contributed by atoms with Gasteiger partial charge in [0.1, 0.15) is 0 Å². The number of nitrogens with one attached hydrogen (secondary N) is 2. The second-order valence-electron chi connectivity index (χ2n) is 9.92. The van der Waals surface area contributed by atoms with E-state index < -0.39 is 15.7 Å². The van der Waals surface area contributed by atoms with E-state index in [2.05, 4.69) is 45.2 Å². The Balaban J connectivity index is 1.08. The fourth-order valence-electron chi connectivity index (χ4n) is 5.07. The number of sulfone groups is 1. The van der Waals surface area contributed by atoms with Gasteiger partial charge in [-0.15, -0.1) is 0 Å². The molecule has 2 aliphatic heterocycles. The third-order valence-corrected chi connectivity index (χ3v) is 9.11. The van der Waals surface area contributed by atoms with E-state index in [-0.39, 0.29) is 38.6 Å². The molecule has 6 rings (SSSR count). The molecule has 2 amide bonds. The van der Waals surface area contributed by atoms with E-state index in [0.717, 1.165) is 11.1 Å². The third kappa shape index (κ3) is 5.33. The van der Waals surface area contributed by atoms with E-state index in [0.29, 0.717) is 26.1 Å². The van der Waals surface area contributed by atoms with Gasteiger partial charge in [0.2, 0.25) is 9.84 Å². The van der Waals surface area contributed by atoms with Gasteiger partial charge in [-0.25, -0.2) is 8.42 Å². The Morgan fingerprint density at radius 2 is 1.66 bits per heavy atom. The molecule has 1 unspecified atom stereocenters. The standard InChI is InChI=1S/C31H27N5O4S/c37-30(24-14-15-29-26(18-24)34-31(38)25-8-4-5-9-28(25)41(29,39)40)32-17-16-21-10-12-23(13-11-21)27-19-33-35-36(27)20-22-6-2-1-3-7-22/h1-15,18,27H,16-17,19-20H2,(H,32,37)(H,34,38). The summed E-state index contributed by atoms with van der Waals surface area (Å²) in [6.07, 6.45) is 0.616. The van der Waals surface area contributed by atoms with E-state index in [1.54, 1.807) is 12.1 Å². The van der Waals surface area contributed by atoms with Gasteiger partial charge in [-0.3, -0.25) is 14.6 Å². The monoisotopic (exact) mass is 565 g/mol. The molecule has 1 atom stereocenters. The maximum absolute atomic E-state index is 13.2. The third-order valence-electron chi connectivity index (χ3n) is 7.24. The minimum Gasteiger partial charge on any atom is -0.352 e. The first kappa shape index (κ1) is 26.4. The number of amides is 2. The molecule has 2 heterocycles. The van der Waals surface area contributed by atoms with Crippen LogP contribution in [0.1, 0.15) is 43.4 Å². The molecule has 9 nitrogen and oxygen atoms in total. The van der Waals surface area contributed by atoms with Crippen molar-refractivity contribution in [2.75, 3.05) is 18.4 Å². The Kier molecular flexibility index (Phi) is 7.07. The second-order valence-corrected chi connectivity index (χ2v) is 11.8. The fraction of sp³-hybridized carbons (Fsp3) is 0.161. The molecule has 206 valence electrons. The van der Waals surface area contributed by atoms with Crippen LogP contribution in [0.25, 0.3) is 0 Å². The van der Waals surface area contributed by atoms with Gasteiger partial charge >= 0.3 is 0 Å². The minimum absolute atomic E-state index is 0.0439. The highest BCUT2D eigenvalue weighted by Crippen LogP contribution is 2.34. The Morgan fingerprint density at radius 1 is 0.902 bits per heavy atom. The Bertz CT molecular complexity index is 1760. The van der Waals surface area contributed by atoms with Crippen LogP contribution < -0.4 is 10.6 Å². The van der Waals surface area contributed by atoms with Crippen LogP contribution in [0.15, 0.2) is 117 Å². The van der Waals surface area contributed by atoms with Crippen molar-refractivity contribution in [3.8, 4) is 0 Å². The average molecular weight is 566 g/mol. The van der Waals surface area contributed by atoms with Crippen LogP contribution in [0.4, 0.5) is 5.69 Å². The van der Waals surface area contributed by atoms with Gasteiger partial charge in [0.25, 0.3) is 11.8 Å². The summed E-state index contributed by atoms with van der Waals surface area (Å²) < 4.78 is 26.3. The van der Waals surface area contributed by atoms with Crippen molar-refractivity contribution in [2.45, 2.75) is 28.8 Å². The summed E-state index contributed by atoms with van der Waals surface area (Å²) in [5.74, 6) is -0.893. The molecule has 41 heavy (non-hydrogen) atoms. The van der Waals surface area contributed by atoms with Crippen LogP contribution in [0.2, 0.25) is 0 Å². The van der Waals surface area contributed by atoms with Crippen molar-refractivity contribution in [3.63, 3.8) is 0 Å². The average Bonchev–Trinajstić information content (AvgIpc) is 3.43. The van der Waals surface area contributed by atoms with Crippen molar-refractivity contribution in [1.82, 2.24) is 10.3 Å². The predicted octanol–water partition coefficient (Wildman–Crippen LogP) is 4.98. The summed E-state index contributed by atoms with van der Waals surface area (Å²) in [4.78, 5) is 25.5. The van der Waals surface area contributed by atoms with Crippen LogP contribution in [0, 0.1) is 0 Å². The Hall–Kier alpha value is -4.83. The molecular weight excluding hydrogens is 538 g/mol. The smallest absolute Gasteiger partial charge is 0.257 e. The number of hydrogen-bond acceptors (Lipinski definition) is 7. The van der Waals surface area contributed by atoms with Crippen molar-refractivity contribution < 1.29 is 18.0 Å². The highest BCUT2D eigenvalue weighted by atomic mass is 32.2. The zero-order valence-electron chi connectivity index (χ0n) is 22.0. The SMILES string of the molecule is O=C(NCCc1ccc(C2CN=NN2Cc2ccccc2)cc1)c1ccc2c(c1)NC(=O)c1ccccc1S2(=O)=O. The lowest BCUT2D eigenvalue weighted by Crippen LogP contribution is -2.26. The number of fused-ring (bicyclic) bond motifs is 2. The van der Waals surface area contributed by atoms with Gasteiger partial charge in [-0.2, -0.15) is 5.11 Å². The molecule has 2 aliphatic rings. The van der Waals surface area contributed by atoms with Gasteiger partial charge < -0.3 is 10.6 Å². The molecule has 10 heteroatoms. The first-order chi connectivity index (χ1) is 19.9. The van der Waals surface area contributed by atoms with E-state index in [1.807, 2.05) is 35.3 Å². The molecule has 0 radical (unpaired) electrons. The second kappa shape index (κ2) is 11.0. The molecule has 0 fully saturated rings. The first-order valence-corrected chi connectivity index (χ1v) is 14.7. The van der Waals surface area contributed by atoms with E-state index in [4.69, 9.17) is 0 Å². The number of nitrogens with zero attached hydrogens (tertiary/aromatic N) is 3. The molecule has 0 saturated heterocycles. The number of carbonyl (C=O) groups excluding carboxylic acids is 2. The minimum atomic E-state index is -3.93. The maximum Gasteiger partial charge on any atom is 0.257 e. The number of anilines is 1. The summed E-state index contributed by atoms with van der Waals surface area (Å²) in [7, 11) is -3.93. The molecule has 4 aromatic carbocycles. The zero-order valence-corrected chi connectivity index (χ0v) is 22.8. The molecule has 0 saturated carbocycles. The van der Waals surface area contributed by atoms with Crippen molar-refractivity contribution in [1.29, 1.82) is 0 Å². The van der Waals surface area contributed by atoms with Gasteiger partial charge in [0, 0.05) is 12.1 Å². The highest BCUT2D eigenvalue weighted by Gasteiger charge is 2.31. The van der Waals surface area contributed by atoms with Gasteiger partial charge in [0.05, 0.1) is 40.2 Å².